The Morgan fingerprint density at radius 1 is 1.53 bits per heavy atom. The zero-order valence-corrected chi connectivity index (χ0v) is 9.97. The van der Waals surface area contributed by atoms with Crippen LogP contribution in [0.3, 0.4) is 0 Å². The molecule has 4 heteroatoms. The lowest BCUT2D eigenvalue weighted by atomic mass is 10.1. The van der Waals surface area contributed by atoms with Gasteiger partial charge in [0.15, 0.2) is 6.10 Å². The Labute approximate surface area is 102 Å². The minimum Gasteiger partial charge on any atom is -0.479 e. The zero-order chi connectivity index (χ0) is 11.3. The number of carbonyl (C=O) groups is 1. The maximum atomic E-state index is 10.9. The highest BCUT2D eigenvalue weighted by Crippen LogP contribution is 2.18. The number of halogens is 1. The van der Waals surface area contributed by atoms with E-state index in [2.05, 4.69) is 28.5 Å². The zero-order valence-electron chi connectivity index (χ0n) is 7.81. The smallest absolute Gasteiger partial charge is 0.337 e. The van der Waals surface area contributed by atoms with Crippen LogP contribution in [0.5, 0.6) is 0 Å². The van der Waals surface area contributed by atoms with E-state index >= 15 is 0 Å². The highest BCUT2D eigenvalue weighted by Gasteiger charge is 2.19. The first-order chi connectivity index (χ1) is 7.15. The van der Waals surface area contributed by atoms with Crippen molar-refractivity contribution in [1.82, 2.24) is 0 Å². The van der Waals surface area contributed by atoms with Gasteiger partial charge >= 0.3 is 5.97 Å². The fourth-order valence-electron chi connectivity index (χ4n) is 1.08. The van der Waals surface area contributed by atoms with Gasteiger partial charge in [0.05, 0.1) is 0 Å². The van der Waals surface area contributed by atoms with Gasteiger partial charge in [0.25, 0.3) is 0 Å². The second-order valence-corrected chi connectivity index (χ2v) is 4.03. The van der Waals surface area contributed by atoms with Gasteiger partial charge in [0.2, 0.25) is 0 Å². The molecule has 1 rings (SSSR count). The number of carboxylic acid groups (broad SMARTS) is 1. The summed E-state index contributed by atoms with van der Waals surface area (Å²) in [6.07, 6.45) is 4.02. The summed E-state index contributed by atoms with van der Waals surface area (Å²) >= 11 is 2.15. The van der Waals surface area contributed by atoms with Crippen molar-refractivity contribution in [1.29, 1.82) is 0 Å². The number of terminal acetylenes is 1. The summed E-state index contributed by atoms with van der Waals surface area (Å²) in [6.45, 7) is -0.0110. The first-order valence-corrected chi connectivity index (χ1v) is 5.26. The second-order valence-electron chi connectivity index (χ2n) is 2.78. The Morgan fingerprint density at radius 3 is 2.60 bits per heavy atom. The lowest BCUT2D eigenvalue weighted by Crippen LogP contribution is -2.15. The second kappa shape index (κ2) is 5.73. The molecule has 0 spiro atoms. The van der Waals surface area contributed by atoms with Crippen LogP contribution in [0, 0.1) is 15.9 Å². The lowest BCUT2D eigenvalue weighted by molar-refractivity contribution is -0.149. The molecular weight excluding hydrogens is 307 g/mol. The Balaban J connectivity index is 2.85. The van der Waals surface area contributed by atoms with Gasteiger partial charge < -0.3 is 9.84 Å². The normalized spacial score (nSPS) is 11.7. The van der Waals surface area contributed by atoms with Crippen molar-refractivity contribution in [2.24, 2.45) is 0 Å². The van der Waals surface area contributed by atoms with Crippen LogP contribution in [-0.2, 0) is 9.53 Å². The molecule has 0 saturated heterocycles. The monoisotopic (exact) mass is 316 g/mol. The largest absolute Gasteiger partial charge is 0.479 e. The molecule has 1 aromatic carbocycles. The topological polar surface area (TPSA) is 46.5 Å². The molecule has 0 bridgehead atoms. The van der Waals surface area contributed by atoms with E-state index in [1.54, 1.807) is 12.1 Å². The number of rotatable bonds is 4. The van der Waals surface area contributed by atoms with Crippen LogP contribution < -0.4 is 0 Å². The molecule has 1 N–H and O–H groups in total. The molecule has 0 saturated carbocycles. The van der Waals surface area contributed by atoms with Crippen LogP contribution in [0.2, 0.25) is 0 Å². The maximum absolute atomic E-state index is 10.9. The van der Waals surface area contributed by atoms with E-state index < -0.39 is 12.1 Å². The van der Waals surface area contributed by atoms with Crippen molar-refractivity contribution in [3.8, 4) is 12.3 Å². The molecule has 78 valence electrons. The number of hydrogen-bond acceptors (Lipinski definition) is 2. The molecule has 0 heterocycles. The average Bonchev–Trinajstić information content (AvgIpc) is 2.21. The van der Waals surface area contributed by atoms with E-state index in [0.717, 1.165) is 3.57 Å². The van der Waals surface area contributed by atoms with Crippen molar-refractivity contribution in [2.75, 3.05) is 6.61 Å². The molecule has 0 radical (unpaired) electrons. The average molecular weight is 316 g/mol. The fraction of sp³-hybridized carbons (Fsp3) is 0.182. The summed E-state index contributed by atoms with van der Waals surface area (Å²) in [5.41, 5.74) is 0.596. The number of aliphatic carboxylic acids is 1. The number of ether oxygens (including phenoxy) is 1. The lowest BCUT2D eigenvalue weighted by Gasteiger charge is -2.11. The molecule has 0 aliphatic heterocycles. The highest BCUT2D eigenvalue weighted by molar-refractivity contribution is 14.1. The molecule has 3 nitrogen and oxygen atoms in total. The van der Waals surface area contributed by atoms with E-state index in [0.29, 0.717) is 5.56 Å². The van der Waals surface area contributed by atoms with Crippen LogP contribution in [0.15, 0.2) is 24.3 Å². The third-order valence-electron chi connectivity index (χ3n) is 1.73. The highest BCUT2D eigenvalue weighted by atomic mass is 127. The Hall–Kier alpha value is -1.06. The maximum Gasteiger partial charge on any atom is 0.337 e. The standard InChI is InChI=1S/C11H9IO3/c1-2-7-15-10(11(13)14)8-3-5-9(12)6-4-8/h1,3-6,10H,7H2,(H,13,14). The first kappa shape index (κ1) is 12.0. The summed E-state index contributed by atoms with van der Waals surface area (Å²) < 4.78 is 6.08. The summed E-state index contributed by atoms with van der Waals surface area (Å²) in [5, 5.41) is 8.93. The molecule has 0 aromatic heterocycles. The molecule has 15 heavy (non-hydrogen) atoms. The van der Waals surface area contributed by atoms with Gasteiger partial charge in [-0.3, -0.25) is 0 Å². The summed E-state index contributed by atoms with van der Waals surface area (Å²) in [6, 6.07) is 7.09. The van der Waals surface area contributed by atoms with Crippen LogP contribution in [-0.4, -0.2) is 17.7 Å². The van der Waals surface area contributed by atoms with Gasteiger partial charge in [-0.1, -0.05) is 18.1 Å². The number of hydrogen-bond donors (Lipinski definition) is 1. The Morgan fingerprint density at radius 2 is 2.13 bits per heavy atom. The van der Waals surface area contributed by atoms with Crippen molar-refractivity contribution in [2.45, 2.75) is 6.10 Å². The minimum absolute atomic E-state index is 0.0110. The third kappa shape index (κ3) is 3.53. The van der Waals surface area contributed by atoms with Gasteiger partial charge in [0, 0.05) is 3.57 Å². The van der Waals surface area contributed by atoms with Crippen LogP contribution >= 0.6 is 22.6 Å². The van der Waals surface area contributed by atoms with Crippen LogP contribution in [0.1, 0.15) is 11.7 Å². The molecule has 0 fully saturated rings. The summed E-state index contributed by atoms with van der Waals surface area (Å²) in [4.78, 5) is 10.9. The molecule has 0 aliphatic rings. The third-order valence-corrected chi connectivity index (χ3v) is 2.45. The number of carboxylic acids is 1. The SMILES string of the molecule is C#CCOC(C(=O)O)c1ccc(I)cc1. The van der Waals surface area contributed by atoms with Gasteiger partial charge in [-0.15, -0.1) is 6.42 Å². The molecule has 0 amide bonds. The van der Waals surface area contributed by atoms with Crippen LogP contribution in [0.25, 0.3) is 0 Å². The quantitative estimate of drug-likeness (QED) is 0.683. The Bertz CT molecular complexity index is 378. The first-order valence-electron chi connectivity index (χ1n) is 4.18. The predicted octanol–water partition coefficient (Wildman–Crippen LogP) is 2.07. The van der Waals surface area contributed by atoms with Crippen molar-refractivity contribution in [3.63, 3.8) is 0 Å². The van der Waals surface area contributed by atoms with Gasteiger partial charge in [-0.25, -0.2) is 4.79 Å². The van der Waals surface area contributed by atoms with Gasteiger partial charge in [0.1, 0.15) is 6.61 Å². The van der Waals surface area contributed by atoms with Crippen molar-refractivity contribution >= 4 is 28.6 Å². The van der Waals surface area contributed by atoms with Gasteiger partial charge in [-0.05, 0) is 40.3 Å². The fourth-order valence-corrected chi connectivity index (χ4v) is 1.44. The molecule has 1 unspecified atom stereocenters. The van der Waals surface area contributed by atoms with E-state index in [-0.39, 0.29) is 6.61 Å². The molecule has 1 aromatic rings. The minimum atomic E-state index is -1.04. The van der Waals surface area contributed by atoms with E-state index in [1.165, 1.54) is 0 Å². The molecular formula is C11H9IO3. The van der Waals surface area contributed by atoms with E-state index in [1.807, 2.05) is 12.1 Å². The van der Waals surface area contributed by atoms with E-state index in [4.69, 9.17) is 16.3 Å². The molecule has 0 aliphatic carbocycles. The molecule has 1 atom stereocenters. The number of benzene rings is 1. The van der Waals surface area contributed by atoms with Crippen molar-refractivity contribution < 1.29 is 14.6 Å². The van der Waals surface area contributed by atoms with E-state index in [9.17, 15) is 4.79 Å². The van der Waals surface area contributed by atoms with Crippen molar-refractivity contribution in [3.05, 3.63) is 33.4 Å². The summed E-state index contributed by atoms with van der Waals surface area (Å²) in [5.74, 6) is 1.21. The summed E-state index contributed by atoms with van der Waals surface area (Å²) in [7, 11) is 0. The van der Waals surface area contributed by atoms with Crippen LogP contribution in [0.4, 0.5) is 0 Å². The Kier molecular flexibility index (Phi) is 4.59. The van der Waals surface area contributed by atoms with Gasteiger partial charge in [-0.2, -0.15) is 0 Å². The predicted molar refractivity (Wildman–Crippen MR) is 64.3 cm³/mol.